The fourth-order valence-corrected chi connectivity index (χ4v) is 3.20. The Kier molecular flexibility index (Phi) is 3.58. The first kappa shape index (κ1) is 15.2. The molecule has 8 heteroatoms. The number of nitrogen functional groups attached to an aromatic ring is 1. The van der Waals surface area contributed by atoms with E-state index in [0.29, 0.717) is 32.8 Å². The van der Waals surface area contributed by atoms with E-state index in [9.17, 15) is 4.79 Å². The van der Waals surface area contributed by atoms with Gasteiger partial charge in [-0.05, 0) is 31.0 Å². The Hall–Kier alpha value is -2.31. The minimum atomic E-state index is -0.00806. The van der Waals surface area contributed by atoms with E-state index >= 15 is 0 Å². The molecule has 1 fully saturated rings. The number of nitrogens with two attached hydrogens (primary N) is 1. The number of hydrogen-bond donors (Lipinski definition) is 2. The van der Waals surface area contributed by atoms with Crippen LogP contribution in [0.5, 0.6) is 0 Å². The summed E-state index contributed by atoms with van der Waals surface area (Å²) < 4.78 is 1.57. The Bertz CT molecular complexity index is 941. The highest BCUT2D eigenvalue weighted by Crippen LogP contribution is 2.34. The van der Waals surface area contributed by atoms with Crippen molar-refractivity contribution in [2.24, 2.45) is 5.92 Å². The number of halogens is 2. The smallest absolute Gasteiger partial charge is 0.228 e. The van der Waals surface area contributed by atoms with E-state index in [1.165, 1.54) is 0 Å². The second kappa shape index (κ2) is 5.65. The van der Waals surface area contributed by atoms with Gasteiger partial charge in [-0.3, -0.25) is 4.79 Å². The molecule has 0 radical (unpaired) electrons. The van der Waals surface area contributed by atoms with Crippen LogP contribution in [0.1, 0.15) is 12.8 Å². The lowest BCUT2D eigenvalue weighted by molar-refractivity contribution is -0.117. The van der Waals surface area contributed by atoms with Gasteiger partial charge in [-0.25, -0.2) is 9.67 Å². The van der Waals surface area contributed by atoms with Gasteiger partial charge in [-0.1, -0.05) is 23.2 Å². The fourth-order valence-electron chi connectivity index (χ4n) is 2.53. The van der Waals surface area contributed by atoms with Crippen LogP contribution in [0.2, 0.25) is 10.0 Å². The number of nitrogens with one attached hydrogen (secondary N) is 1. The van der Waals surface area contributed by atoms with Gasteiger partial charge in [0.15, 0.2) is 0 Å². The predicted octanol–water partition coefficient (Wildman–Crippen LogP) is 3.66. The van der Waals surface area contributed by atoms with Gasteiger partial charge in [0.1, 0.15) is 11.5 Å². The quantitative estimate of drug-likeness (QED) is 0.697. The number of carbonyl (C=O) groups is 1. The molecule has 4 rings (SSSR count). The highest BCUT2D eigenvalue weighted by atomic mass is 35.5. The molecule has 1 aromatic carbocycles. The van der Waals surface area contributed by atoms with Crippen LogP contribution >= 0.6 is 23.2 Å². The normalized spacial score (nSPS) is 14.1. The summed E-state index contributed by atoms with van der Waals surface area (Å²) in [6.45, 7) is 0. The van der Waals surface area contributed by atoms with Gasteiger partial charge in [0.2, 0.25) is 5.91 Å². The van der Waals surface area contributed by atoms with Gasteiger partial charge in [-0.2, -0.15) is 5.10 Å². The largest absolute Gasteiger partial charge is 0.399 e. The van der Waals surface area contributed by atoms with Crippen molar-refractivity contribution in [3.8, 4) is 5.69 Å². The maximum atomic E-state index is 12.0. The summed E-state index contributed by atoms with van der Waals surface area (Å²) >= 11 is 12.5. The zero-order valence-electron chi connectivity index (χ0n) is 12.5. The second-order valence-corrected chi connectivity index (χ2v) is 6.58. The summed E-state index contributed by atoms with van der Waals surface area (Å²) in [6.07, 6.45) is 5.21. The Balaban J connectivity index is 1.80. The molecule has 1 aliphatic carbocycles. The molecule has 3 N–H and O–H groups in total. The van der Waals surface area contributed by atoms with Crippen molar-refractivity contribution in [2.75, 3.05) is 11.1 Å². The number of amides is 1. The first-order chi connectivity index (χ1) is 11.5. The van der Waals surface area contributed by atoms with Gasteiger partial charge in [0, 0.05) is 24.0 Å². The highest BCUT2D eigenvalue weighted by molar-refractivity contribution is 6.38. The molecule has 0 bridgehead atoms. The van der Waals surface area contributed by atoms with Gasteiger partial charge in [-0.15, -0.1) is 0 Å². The van der Waals surface area contributed by atoms with Crippen LogP contribution in [-0.4, -0.2) is 20.7 Å². The maximum absolute atomic E-state index is 12.0. The summed E-state index contributed by atoms with van der Waals surface area (Å²) in [5, 5.41) is 8.84. The zero-order chi connectivity index (χ0) is 16.8. The average Bonchev–Trinajstić information content (AvgIpc) is 3.27. The van der Waals surface area contributed by atoms with E-state index in [1.54, 1.807) is 35.3 Å². The van der Waals surface area contributed by atoms with E-state index in [1.807, 2.05) is 0 Å². The van der Waals surface area contributed by atoms with Gasteiger partial charge >= 0.3 is 0 Å². The van der Waals surface area contributed by atoms with Crippen molar-refractivity contribution in [3.05, 3.63) is 40.6 Å². The molecule has 1 amide bonds. The first-order valence-corrected chi connectivity index (χ1v) is 8.18. The van der Waals surface area contributed by atoms with Crippen molar-refractivity contribution in [2.45, 2.75) is 12.8 Å². The molecular formula is C16H13Cl2N5O. The molecule has 1 aliphatic rings. The highest BCUT2D eigenvalue weighted by Gasteiger charge is 2.30. The van der Waals surface area contributed by atoms with Gasteiger partial charge in [0.25, 0.3) is 0 Å². The lowest BCUT2D eigenvalue weighted by Gasteiger charge is -2.07. The van der Waals surface area contributed by atoms with Crippen LogP contribution in [0.4, 0.5) is 11.5 Å². The van der Waals surface area contributed by atoms with Crippen LogP contribution in [0.15, 0.2) is 30.6 Å². The molecule has 0 atom stereocenters. The van der Waals surface area contributed by atoms with Gasteiger partial charge in [0.05, 0.1) is 20.9 Å². The van der Waals surface area contributed by atoms with E-state index in [0.717, 1.165) is 18.2 Å². The molecule has 2 heterocycles. The summed E-state index contributed by atoms with van der Waals surface area (Å²) in [6, 6.07) is 4.99. The van der Waals surface area contributed by atoms with E-state index in [-0.39, 0.29) is 11.8 Å². The number of rotatable bonds is 3. The van der Waals surface area contributed by atoms with Crippen molar-refractivity contribution in [3.63, 3.8) is 0 Å². The standard InChI is InChI=1S/C16H13Cl2N5O/c17-11-5-9(19)6-12(18)14(11)23-7-10-13(22-23)3-4-20-15(10)21-16(24)8-1-2-8/h3-8H,1-2,19H2,(H,20,21,24). The third-order valence-corrected chi connectivity index (χ3v) is 4.47. The number of hydrogen-bond acceptors (Lipinski definition) is 4. The van der Waals surface area contributed by atoms with E-state index < -0.39 is 0 Å². The van der Waals surface area contributed by atoms with Crippen LogP contribution < -0.4 is 11.1 Å². The van der Waals surface area contributed by atoms with E-state index in [2.05, 4.69) is 15.4 Å². The second-order valence-electron chi connectivity index (χ2n) is 5.76. The monoisotopic (exact) mass is 361 g/mol. The lowest BCUT2D eigenvalue weighted by atomic mass is 10.2. The van der Waals surface area contributed by atoms with Crippen molar-refractivity contribution in [1.82, 2.24) is 14.8 Å². The number of nitrogens with zero attached hydrogens (tertiary/aromatic N) is 3. The van der Waals surface area contributed by atoms with Crippen LogP contribution in [0.3, 0.4) is 0 Å². The third-order valence-electron chi connectivity index (χ3n) is 3.89. The molecule has 6 nitrogen and oxygen atoms in total. The molecule has 122 valence electrons. The minimum absolute atomic E-state index is 0.00806. The fraction of sp³-hybridized carbons (Fsp3) is 0.188. The number of aromatic nitrogens is 3. The molecule has 0 unspecified atom stereocenters. The molecular weight excluding hydrogens is 349 g/mol. The molecule has 0 aliphatic heterocycles. The minimum Gasteiger partial charge on any atom is -0.399 e. The van der Waals surface area contributed by atoms with Crippen molar-refractivity contribution < 1.29 is 4.79 Å². The molecule has 3 aromatic rings. The predicted molar refractivity (Wildman–Crippen MR) is 94.7 cm³/mol. The molecule has 2 aromatic heterocycles. The number of benzene rings is 1. The average molecular weight is 362 g/mol. The van der Waals surface area contributed by atoms with Crippen LogP contribution in [-0.2, 0) is 4.79 Å². The summed E-state index contributed by atoms with van der Waals surface area (Å²) in [7, 11) is 0. The number of anilines is 2. The Morgan fingerprint density at radius 3 is 2.67 bits per heavy atom. The number of pyridine rings is 1. The van der Waals surface area contributed by atoms with E-state index in [4.69, 9.17) is 28.9 Å². The molecule has 0 saturated heterocycles. The SMILES string of the molecule is Nc1cc(Cl)c(-n2cc3c(NC(=O)C4CC4)nccc3n2)c(Cl)c1. The van der Waals surface area contributed by atoms with Crippen LogP contribution in [0.25, 0.3) is 16.6 Å². The molecule has 24 heavy (non-hydrogen) atoms. The Labute approximate surface area is 147 Å². The maximum Gasteiger partial charge on any atom is 0.228 e. The summed E-state index contributed by atoms with van der Waals surface area (Å²) in [4.78, 5) is 16.3. The summed E-state index contributed by atoms with van der Waals surface area (Å²) in [5.41, 5.74) is 7.43. The van der Waals surface area contributed by atoms with Crippen LogP contribution in [0, 0.1) is 5.92 Å². The molecule has 1 saturated carbocycles. The molecule has 0 spiro atoms. The van der Waals surface area contributed by atoms with Crippen molar-refractivity contribution >= 4 is 51.5 Å². The zero-order valence-corrected chi connectivity index (χ0v) is 14.0. The Morgan fingerprint density at radius 1 is 1.29 bits per heavy atom. The number of carbonyl (C=O) groups excluding carboxylic acids is 1. The topological polar surface area (TPSA) is 85.8 Å². The van der Waals surface area contributed by atoms with Crippen molar-refractivity contribution in [1.29, 1.82) is 0 Å². The summed E-state index contributed by atoms with van der Waals surface area (Å²) in [5.74, 6) is 0.572. The third kappa shape index (κ3) is 2.68. The number of fused-ring (bicyclic) bond motifs is 1. The first-order valence-electron chi connectivity index (χ1n) is 7.43. The van der Waals surface area contributed by atoms with Gasteiger partial charge < -0.3 is 11.1 Å². The Morgan fingerprint density at radius 2 is 2.00 bits per heavy atom. The lowest BCUT2D eigenvalue weighted by Crippen LogP contribution is -2.14.